The molecular formula is C15H23NO3. The molecule has 1 atom stereocenters. The number of ether oxygens (including phenoxy) is 2. The van der Waals surface area contributed by atoms with E-state index in [4.69, 9.17) is 10.5 Å². The van der Waals surface area contributed by atoms with Crippen LogP contribution in [-0.4, -0.2) is 25.2 Å². The lowest BCUT2D eigenvalue weighted by Gasteiger charge is -2.21. The molecule has 0 aromatic heterocycles. The molecule has 1 rings (SSSR count). The van der Waals surface area contributed by atoms with Crippen molar-refractivity contribution in [2.45, 2.75) is 39.2 Å². The van der Waals surface area contributed by atoms with Gasteiger partial charge in [-0.2, -0.15) is 0 Å². The van der Waals surface area contributed by atoms with Gasteiger partial charge in [-0.05, 0) is 56.9 Å². The van der Waals surface area contributed by atoms with Gasteiger partial charge in [0, 0.05) is 0 Å². The number of nitrogens with two attached hydrogens (primary N) is 1. The molecule has 19 heavy (non-hydrogen) atoms. The number of carbonyl (C=O) groups excluding carboxylic acids is 1. The lowest BCUT2D eigenvalue weighted by Crippen LogP contribution is -2.45. The Morgan fingerprint density at radius 1 is 1.26 bits per heavy atom. The first-order valence-corrected chi connectivity index (χ1v) is 6.43. The number of esters is 1. The summed E-state index contributed by atoms with van der Waals surface area (Å²) in [6.07, 6.45) is 1.24. The van der Waals surface area contributed by atoms with Crippen molar-refractivity contribution in [3.05, 3.63) is 29.3 Å². The number of methoxy groups -OCH3 is 1. The Morgan fingerprint density at radius 3 is 2.37 bits per heavy atom. The summed E-state index contributed by atoms with van der Waals surface area (Å²) in [6.45, 7) is 6.28. The number of carbonyl (C=O) groups is 1. The van der Waals surface area contributed by atoms with Crippen molar-refractivity contribution in [1.29, 1.82) is 0 Å². The number of hydrogen-bond acceptors (Lipinski definition) is 4. The molecule has 0 heterocycles. The maximum Gasteiger partial charge on any atom is 0.325 e. The molecule has 2 N–H and O–H groups in total. The third-order valence-electron chi connectivity index (χ3n) is 2.96. The van der Waals surface area contributed by atoms with Gasteiger partial charge in [0.05, 0.1) is 13.7 Å². The van der Waals surface area contributed by atoms with Gasteiger partial charge in [-0.15, -0.1) is 0 Å². The molecule has 0 aliphatic rings. The van der Waals surface area contributed by atoms with Crippen LogP contribution in [0.3, 0.4) is 0 Å². The van der Waals surface area contributed by atoms with Gasteiger partial charge in [-0.1, -0.05) is 6.07 Å². The van der Waals surface area contributed by atoms with E-state index in [1.54, 1.807) is 6.92 Å². The Labute approximate surface area is 114 Å². The van der Waals surface area contributed by atoms with Crippen LogP contribution in [0.1, 0.15) is 30.9 Å². The molecule has 1 unspecified atom stereocenters. The van der Waals surface area contributed by atoms with E-state index in [2.05, 4.69) is 10.8 Å². The predicted molar refractivity (Wildman–Crippen MR) is 75.3 cm³/mol. The van der Waals surface area contributed by atoms with E-state index in [0.29, 0.717) is 19.4 Å². The highest BCUT2D eigenvalue weighted by Crippen LogP contribution is 2.17. The van der Waals surface area contributed by atoms with Gasteiger partial charge in [-0.3, -0.25) is 4.79 Å². The van der Waals surface area contributed by atoms with Crippen LogP contribution in [0.15, 0.2) is 18.2 Å². The quantitative estimate of drug-likeness (QED) is 0.633. The van der Waals surface area contributed by atoms with Gasteiger partial charge < -0.3 is 15.2 Å². The summed E-state index contributed by atoms with van der Waals surface area (Å²) in [6, 6.07) is 6.09. The second kappa shape index (κ2) is 6.57. The average Bonchev–Trinajstić information content (AvgIpc) is 2.32. The summed E-state index contributed by atoms with van der Waals surface area (Å²) in [5.41, 5.74) is 7.27. The molecule has 0 fully saturated rings. The normalized spacial score (nSPS) is 13.7. The van der Waals surface area contributed by atoms with E-state index < -0.39 is 5.54 Å². The fraction of sp³-hybridized carbons (Fsp3) is 0.533. The standard InChI is InChI=1S/C15H23NO3/c1-11-8-12(2)10-13(9-11)19-7-5-6-15(3,16)14(17)18-4/h8-10H,5-7,16H2,1-4H3. The van der Waals surface area contributed by atoms with Crippen molar-refractivity contribution in [1.82, 2.24) is 0 Å². The Morgan fingerprint density at radius 2 is 1.84 bits per heavy atom. The smallest absolute Gasteiger partial charge is 0.325 e. The second-order valence-corrected chi connectivity index (χ2v) is 5.18. The Balaban J connectivity index is 2.41. The average molecular weight is 265 g/mol. The van der Waals surface area contributed by atoms with Crippen LogP contribution in [0.2, 0.25) is 0 Å². The Bertz CT molecular complexity index is 421. The third-order valence-corrected chi connectivity index (χ3v) is 2.96. The lowest BCUT2D eigenvalue weighted by molar-refractivity contribution is -0.146. The molecule has 4 nitrogen and oxygen atoms in total. The molecule has 0 bridgehead atoms. The van der Waals surface area contributed by atoms with Crippen LogP contribution in [0.5, 0.6) is 5.75 Å². The second-order valence-electron chi connectivity index (χ2n) is 5.18. The molecule has 0 spiro atoms. The van der Waals surface area contributed by atoms with Crippen LogP contribution in [-0.2, 0) is 9.53 Å². The van der Waals surface area contributed by atoms with Crippen molar-refractivity contribution in [3.63, 3.8) is 0 Å². The molecule has 0 saturated carbocycles. The lowest BCUT2D eigenvalue weighted by atomic mass is 9.98. The number of aryl methyl sites for hydroxylation is 2. The minimum atomic E-state index is -0.944. The van der Waals surface area contributed by atoms with Crippen molar-refractivity contribution < 1.29 is 14.3 Å². The minimum Gasteiger partial charge on any atom is -0.494 e. The maximum absolute atomic E-state index is 11.4. The van der Waals surface area contributed by atoms with Crippen LogP contribution < -0.4 is 10.5 Å². The summed E-state index contributed by atoms with van der Waals surface area (Å²) in [5.74, 6) is 0.466. The summed E-state index contributed by atoms with van der Waals surface area (Å²) in [4.78, 5) is 11.4. The highest BCUT2D eigenvalue weighted by atomic mass is 16.5. The van der Waals surface area contributed by atoms with Gasteiger partial charge in [0.1, 0.15) is 11.3 Å². The van der Waals surface area contributed by atoms with E-state index in [1.165, 1.54) is 18.2 Å². The number of benzene rings is 1. The van der Waals surface area contributed by atoms with E-state index in [0.717, 1.165) is 5.75 Å². The van der Waals surface area contributed by atoms with Gasteiger partial charge in [0.15, 0.2) is 0 Å². The zero-order valence-corrected chi connectivity index (χ0v) is 12.2. The zero-order valence-electron chi connectivity index (χ0n) is 12.2. The fourth-order valence-electron chi connectivity index (χ4n) is 1.98. The first-order valence-electron chi connectivity index (χ1n) is 6.43. The van der Waals surface area contributed by atoms with E-state index >= 15 is 0 Å². The first-order chi connectivity index (χ1) is 8.85. The first kappa shape index (κ1) is 15.5. The highest BCUT2D eigenvalue weighted by Gasteiger charge is 2.28. The minimum absolute atomic E-state index is 0.390. The molecule has 0 saturated heterocycles. The number of rotatable bonds is 6. The molecule has 0 amide bonds. The van der Waals surface area contributed by atoms with Crippen LogP contribution >= 0.6 is 0 Å². The summed E-state index contributed by atoms with van der Waals surface area (Å²) >= 11 is 0. The fourth-order valence-corrected chi connectivity index (χ4v) is 1.98. The third kappa shape index (κ3) is 4.91. The van der Waals surface area contributed by atoms with Gasteiger partial charge >= 0.3 is 5.97 Å². The van der Waals surface area contributed by atoms with Crippen LogP contribution in [0, 0.1) is 13.8 Å². The van der Waals surface area contributed by atoms with E-state index in [9.17, 15) is 4.79 Å². The molecule has 1 aromatic carbocycles. The van der Waals surface area contributed by atoms with Crippen molar-refractivity contribution in [2.75, 3.05) is 13.7 Å². The van der Waals surface area contributed by atoms with E-state index in [1.807, 2.05) is 26.0 Å². The molecule has 4 heteroatoms. The Hall–Kier alpha value is -1.55. The SMILES string of the molecule is COC(=O)C(C)(N)CCCOc1cc(C)cc(C)c1. The molecular weight excluding hydrogens is 242 g/mol. The monoisotopic (exact) mass is 265 g/mol. The largest absolute Gasteiger partial charge is 0.494 e. The molecule has 0 aliphatic carbocycles. The molecule has 0 radical (unpaired) electrons. The summed E-state index contributed by atoms with van der Waals surface area (Å²) in [5, 5.41) is 0. The maximum atomic E-state index is 11.4. The van der Waals surface area contributed by atoms with Gasteiger partial charge in [0.2, 0.25) is 0 Å². The topological polar surface area (TPSA) is 61.5 Å². The summed E-state index contributed by atoms with van der Waals surface area (Å²) < 4.78 is 10.3. The van der Waals surface area contributed by atoms with E-state index in [-0.39, 0.29) is 5.97 Å². The molecule has 106 valence electrons. The van der Waals surface area contributed by atoms with Crippen molar-refractivity contribution in [3.8, 4) is 5.75 Å². The summed E-state index contributed by atoms with van der Waals surface area (Å²) in [7, 11) is 1.35. The van der Waals surface area contributed by atoms with Crippen LogP contribution in [0.25, 0.3) is 0 Å². The predicted octanol–water partition coefficient (Wildman–Crippen LogP) is 2.35. The van der Waals surface area contributed by atoms with Gasteiger partial charge in [-0.25, -0.2) is 0 Å². The van der Waals surface area contributed by atoms with Crippen molar-refractivity contribution >= 4 is 5.97 Å². The Kier molecular flexibility index (Phi) is 5.36. The number of hydrogen-bond donors (Lipinski definition) is 1. The zero-order chi connectivity index (χ0) is 14.5. The highest BCUT2D eigenvalue weighted by molar-refractivity contribution is 5.79. The van der Waals surface area contributed by atoms with Crippen molar-refractivity contribution in [2.24, 2.45) is 5.73 Å². The van der Waals surface area contributed by atoms with Crippen LogP contribution in [0.4, 0.5) is 0 Å². The van der Waals surface area contributed by atoms with Gasteiger partial charge in [0.25, 0.3) is 0 Å². The molecule has 1 aromatic rings. The molecule has 0 aliphatic heterocycles.